The Kier molecular flexibility index (Phi) is 9.11. The predicted octanol–water partition coefficient (Wildman–Crippen LogP) is 1.71. The molecular formula is C8H14BrN3. The van der Waals surface area contributed by atoms with E-state index in [0.717, 1.165) is 12.2 Å². The average Bonchev–Trinajstić information content (AvgIpc) is 2.42. The normalized spacial score (nSPS) is 7.33. The lowest BCUT2D eigenvalue weighted by Gasteiger charge is -1.94. The molecule has 0 bridgehead atoms. The molecule has 0 aliphatic rings. The Morgan fingerprint density at radius 1 is 1.58 bits per heavy atom. The molecule has 0 aliphatic heterocycles. The van der Waals surface area contributed by atoms with Crippen LogP contribution in [0.5, 0.6) is 0 Å². The fourth-order valence-electron chi connectivity index (χ4n) is 0.631. The number of imidazole rings is 1. The van der Waals surface area contributed by atoms with E-state index in [2.05, 4.69) is 24.7 Å². The number of nitrogens with two attached hydrogens (primary N) is 1. The Balaban J connectivity index is 0. The Morgan fingerprint density at radius 2 is 2.17 bits per heavy atom. The molecule has 0 spiro atoms. The van der Waals surface area contributed by atoms with Crippen molar-refractivity contribution in [3.8, 4) is 0 Å². The van der Waals surface area contributed by atoms with Crippen molar-refractivity contribution in [2.24, 2.45) is 0 Å². The van der Waals surface area contributed by atoms with Crippen LogP contribution in [0.4, 0.5) is 0 Å². The summed E-state index contributed by atoms with van der Waals surface area (Å²) >= 11 is 0. The van der Waals surface area contributed by atoms with Crippen LogP contribution in [0.1, 0.15) is 5.82 Å². The van der Waals surface area contributed by atoms with Gasteiger partial charge in [-0.1, -0.05) is 6.08 Å². The van der Waals surface area contributed by atoms with E-state index < -0.39 is 0 Å². The van der Waals surface area contributed by atoms with Gasteiger partial charge in [-0.05, 0) is 0 Å². The van der Waals surface area contributed by atoms with Gasteiger partial charge in [0, 0.05) is 18.8 Å². The molecule has 1 aromatic rings. The molecule has 0 saturated heterocycles. The summed E-state index contributed by atoms with van der Waals surface area (Å²) in [7, 11) is 0. The minimum Gasteiger partial charge on any atom is -0.338 e. The molecule has 3 nitrogen and oxygen atoms in total. The van der Waals surface area contributed by atoms with Crippen molar-refractivity contribution in [2.45, 2.75) is 6.42 Å². The number of hydrogen-bond donors (Lipinski definition) is 1. The Hall–Kier alpha value is -1.03. The van der Waals surface area contributed by atoms with Gasteiger partial charge in [-0.25, -0.2) is 4.98 Å². The highest BCUT2D eigenvalue weighted by Gasteiger charge is 1.92. The summed E-state index contributed by atoms with van der Waals surface area (Å²) in [5, 5.41) is 0. The van der Waals surface area contributed by atoms with Gasteiger partial charge >= 0.3 is 0 Å². The molecule has 0 unspecified atom stereocenters. The quantitative estimate of drug-likeness (QED) is 0.623. The largest absolute Gasteiger partial charge is 0.338 e. The summed E-state index contributed by atoms with van der Waals surface area (Å²) in [6, 6.07) is 0. The average molecular weight is 232 g/mol. The fourth-order valence-corrected chi connectivity index (χ4v) is 0.631. The molecule has 4 heteroatoms. The molecule has 12 heavy (non-hydrogen) atoms. The topological polar surface area (TPSA) is 43.8 Å². The van der Waals surface area contributed by atoms with E-state index in [0.29, 0.717) is 0 Å². The van der Waals surface area contributed by atoms with Crippen molar-refractivity contribution >= 4 is 17.0 Å². The van der Waals surface area contributed by atoms with E-state index in [4.69, 9.17) is 5.84 Å². The second-order valence-corrected chi connectivity index (χ2v) is 1.74. The van der Waals surface area contributed by atoms with E-state index >= 15 is 0 Å². The number of halogens is 1. The van der Waals surface area contributed by atoms with Gasteiger partial charge in [-0.3, -0.25) is 4.68 Å². The third-order valence-corrected chi connectivity index (χ3v) is 1.08. The first kappa shape index (κ1) is 13.6. The van der Waals surface area contributed by atoms with Crippen molar-refractivity contribution in [1.29, 1.82) is 0 Å². The third-order valence-electron chi connectivity index (χ3n) is 1.08. The number of aromatic nitrogens is 2. The summed E-state index contributed by atoms with van der Waals surface area (Å²) < 4.78 is 1.49. The van der Waals surface area contributed by atoms with E-state index in [1.807, 2.05) is 0 Å². The maximum absolute atomic E-state index is 5.43. The van der Waals surface area contributed by atoms with Gasteiger partial charge in [-0.2, -0.15) is 0 Å². The SMILES string of the molecule is Br.C=C.C=CCc1nccn1N. The zero-order valence-electron chi connectivity index (χ0n) is 6.94. The lowest BCUT2D eigenvalue weighted by Crippen LogP contribution is -2.10. The molecular weight excluding hydrogens is 218 g/mol. The highest BCUT2D eigenvalue weighted by molar-refractivity contribution is 8.93. The summed E-state index contributed by atoms with van der Waals surface area (Å²) in [5.74, 6) is 6.27. The summed E-state index contributed by atoms with van der Waals surface area (Å²) in [6.45, 7) is 9.57. The zero-order chi connectivity index (χ0) is 8.69. The molecule has 1 heterocycles. The van der Waals surface area contributed by atoms with Gasteiger partial charge in [0.25, 0.3) is 0 Å². The highest BCUT2D eigenvalue weighted by Crippen LogP contribution is 1.92. The van der Waals surface area contributed by atoms with Crippen LogP contribution in [0.25, 0.3) is 0 Å². The summed E-state index contributed by atoms with van der Waals surface area (Å²) in [6.07, 6.45) is 5.87. The predicted molar refractivity (Wildman–Crippen MR) is 57.9 cm³/mol. The van der Waals surface area contributed by atoms with Gasteiger partial charge in [0.2, 0.25) is 0 Å². The van der Waals surface area contributed by atoms with Gasteiger partial charge in [0.1, 0.15) is 5.82 Å². The smallest absolute Gasteiger partial charge is 0.130 e. The molecule has 1 rings (SSSR count). The van der Waals surface area contributed by atoms with Crippen LogP contribution in [0.3, 0.4) is 0 Å². The van der Waals surface area contributed by atoms with Gasteiger partial charge in [-0.15, -0.1) is 36.7 Å². The first-order valence-electron chi connectivity index (χ1n) is 3.23. The minimum absolute atomic E-state index is 0. The van der Waals surface area contributed by atoms with E-state index in [-0.39, 0.29) is 17.0 Å². The second kappa shape index (κ2) is 8.07. The van der Waals surface area contributed by atoms with Crippen molar-refractivity contribution in [2.75, 3.05) is 5.84 Å². The lowest BCUT2D eigenvalue weighted by molar-refractivity contribution is 0.890. The van der Waals surface area contributed by atoms with Crippen molar-refractivity contribution < 1.29 is 0 Å². The highest BCUT2D eigenvalue weighted by atomic mass is 79.9. The lowest BCUT2D eigenvalue weighted by atomic mass is 10.4. The molecule has 0 aliphatic carbocycles. The van der Waals surface area contributed by atoms with E-state index in [1.165, 1.54) is 4.68 Å². The minimum atomic E-state index is 0. The maximum atomic E-state index is 5.43. The summed E-state index contributed by atoms with van der Waals surface area (Å²) in [5.41, 5.74) is 0. The molecule has 0 amide bonds. The molecule has 0 aromatic carbocycles. The molecule has 0 fully saturated rings. The third kappa shape index (κ3) is 3.98. The Morgan fingerprint density at radius 3 is 2.50 bits per heavy atom. The number of rotatable bonds is 2. The number of nitrogen functional groups attached to an aromatic ring is 1. The van der Waals surface area contributed by atoms with Crippen LogP contribution in [-0.2, 0) is 6.42 Å². The molecule has 0 atom stereocenters. The molecule has 0 radical (unpaired) electrons. The monoisotopic (exact) mass is 231 g/mol. The molecule has 1 aromatic heterocycles. The van der Waals surface area contributed by atoms with Gasteiger partial charge in [0.15, 0.2) is 0 Å². The fraction of sp³-hybridized carbons (Fsp3) is 0.125. The standard InChI is InChI=1S/C6H9N3.C2H4.BrH/c1-2-3-6-8-4-5-9(6)7;1-2;/h2,4-5H,1,3,7H2;1-2H2;1H. The van der Waals surface area contributed by atoms with Crippen molar-refractivity contribution in [3.63, 3.8) is 0 Å². The number of allylic oxidation sites excluding steroid dienone is 1. The van der Waals surface area contributed by atoms with Crippen molar-refractivity contribution in [1.82, 2.24) is 9.66 Å². The number of hydrogen-bond acceptors (Lipinski definition) is 2. The molecule has 68 valence electrons. The van der Waals surface area contributed by atoms with Crippen LogP contribution in [0, 0.1) is 0 Å². The van der Waals surface area contributed by atoms with Gasteiger partial charge in [0.05, 0.1) is 0 Å². The summed E-state index contributed by atoms with van der Waals surface area (Å²) in [4.78, 5) is 3.97. The first-order chi connectivity index (χ1) is 5.34. The van der Waals surface area contributed by atoms with Crippen LogP contribution in [0.2, 0.25) is 0 Å². The Labute approximate surface area is 83.3 Å². The van der Waals surface area contributed by atoms with Crippen LogP contribution in [-0.4, -0.2) is 9.66 Å². The van der Waals surface area contributed by atoms with Crippen LogP contribution >= 0.6 is 17.0 Å². The molecule has 0 saturated carbocycles. The zero-order valence-corrected chi connectivity index (χ0v) is 8.65. The van der Waals surface area contributed by atoms with Crippen LogP contribution in [0.15, 0.2) is 38.2 Å². The maximum Gasteiger partial charge on any atom is 0.130 e. The number of nitrogens with zero attached hydrogens (tertiary/aromatic N) is 2. The van der Waals surface area contributed by atoms with E-state index in [9.17, 15) is 0 Å². The van der Waals surface area contributed by atoms with Gasteiger partial charge < -0.3 is 5.84 Å². The second-order valence-electron chi connectivity index (χ2n) is 1.74. The van der Waals surface area contributed by atoms with E-state index in [1.54, 1.807) is 18.5 Å². The Bertz CT molecular complexity index is 220. The van der Waals surface area contributed by atoms with Crippen molar-refractivity contribution in [3.05, 3.63) is 44.0 Å². The molecule has 2 N–H and O–H groups in total. The first-order valence-corrected chi connectivity index (χ1v) is 3.23. The van der Waals surface area contributed by atoms with Crippen LogP contribution < -0.4 is 5.84 Å².